The third-order valence-electron chi connectivity index (χ3n) is 3.56. The molecule has 1 heterocycles. The van der Waals surface area contributed by atoms with Gasteiger partial charge in [-0.25, -0.2) is 0 Å². The van der Waals surface area contributed by atoms with Crippen LogP contribution in [-0.4, -0.2) is 42.8 Å². The summed E-state index contributed by atoms with van der Waals surface area (Å²) in [6, 6.07) is 0.567. The Morgan fingerprint density at radius 2 is 1.94 bits per heavy atom. The summed E-state index contributed by atoms with van der Waals surface area (Å²) in [7, 11) is 0. The molecule has 0 aromatic carbocycles. The molecule has 0 bridgehead atoms. The summed E-state index contributed by atoms with van der Waals surface area (Å²) in [4.78, 5) is 0. The van der Waals surface area contributed by atoms with E-state index in [4.69, 9.17) is 14.6 Å². The van der Waals surface area contributed by atoms with Crippen LogP contribution in [0.4, 0.5) is 0 Å². The van der Waals surface area contributed by atoms with Crippen LogP contribution in [0.15, 0.2) is 0 Å². The summed E-state index contributed by atoms with van der Waals surface area (Å²) in [5.74, 6) is -0.248. The van der Waals surface area contributed by atoms with E-state index < -0.39 is 0 Å². The first-order valence-electron chi connectivity index (χ1n) is 6.40. The maximum absolute atomic E-state index is 9.17. The van der Waals surface area contributed by atoms with Gasteiger partial charge in [-0.2, -0.15) is 0 Å². The topological polar surface area (TPSA) is 50.7 Å². The molecule has 0 radical (unpaired) electrons. The van der Waals surface area contributed by atoms with Crippen LogP contribution in [0.5, 0.6) is 0 Å². The van der Waals surface area contributed by atoms with Gasteiger partial charge in [0.2, 0.25) is 0 Å². The third-order valence-corrected chi connectivity index (χ3v) is 3.56. The van der Waals surface area contributed by atoms with Gasteiger partial charge in [-0.05, 0) is 32.7 Å². The van der Waals surface area contributed by atoms with Crippen LogP contribution in [0, 0.1) is 0 Å². The Balaban J connectivity index is 1.65. The average Bonchev–Trinajstić information content (AvgIpc) is 2.70. The number of rotatable bonds is 4. The van der Waals surface area contributed by atoms with Crippen LogP contribution in [-0.2, 0) is 9.47 Å². The molecule has 1 saturated heterocycles. The lowest BCUT2D eigenvalue weighted by molar-refractivity contribution is -0.179. The standard InChI is InChI=1S/C12H23NO3/c1-10(14)4-7-13-11-2-5-12(6-3-11)15-8-9-16-12/h10-11,13-14H,2-9H2,1H3. The first-order valence-corrected chi connectivity index (χ1v) is 6.40. The quantitative estimate of drug-likeness (QED) is 0.756. The Bertz CT molecular complexity index is 204. The predicted molar refractivity (Wildman–Crippen MR) is 61.2 cm³/mol. The highest BCUT2D eigenvalue weighted by molar-refractivity contribution is 4.85. The first-order chi connectivity index (χ1) is 7.70. The minimum Gasteiger partial charge on any atom is -0.393 e. The molecule has 1 unspecified atom stereocenters. The predicted octanol–water partition coefficient (Wildman–Crippen LogP) is 1.03. The maximum atomic E-state index is 9.17. The zero-order valence-corrected chi connectivity index (χ0v) is 10.1. The molecule has 0 aromatic rings. The highest BCUT2D eigenvalue weighted by Crippen LogP contribution is 2.35. The van der Waals surface area contributed by atoms with Gasteiger partial charge in [0.25, 0.3) is 0 Å². The van der Waals surface area contributed by atoms with Crippen molar-refractivity contribution in [2.45, 2.75) is 57.0 Å². The van der Waals surface area contributed by atoms with Crippen molar-refractivity contribution < 1.29 is 14.6 Å². The van der Waals surface area contributed by atoms with Crippen molar-refractivity contribution in [3.63, 3.8) is 0 Å². The minimum absolute atomic E-state index is 0.205. The Hall–Kier alpha value is -0.160. The molecule has 4 nitrogen and oxygen atoms in total. The smallest absolute Gasteiger partial charge is 0.168 e. The Morgan fingerprint density at radius 3 is 2.50 bits per heavy atom. The van der Waals surface area contributed by atoms with Gasteiger partial charge in [-0.1, -0.05) is 0 Å². The van der Waals surface area contributed by atoms with Gasteiger partial charge in [0.1, 0.15) is 0 Å². The van der Waals surface area contributed by atoms with E-state index in [0.29, 0.717) is 6.04 Å². The molecule has 2 N–H and O–H groups in total. The third kappa shape index (κ3) is 3.17. The minimum atomic E-state index is -0.248. The molecule has 1 aliphatic heterocycles. The fourth-order valence-corrected chi connectivity index (χ4v) is 2.54. The molecule has 0 aromatic heterocycles. The monoisotopic (exact) mass is 229 g/mol. The second-order valence-corrected chi connectivity index (χ2v) is 4.97. The first kappa shape index (κ1) is 12.3. The van der Waals surface area contributed by atoms with E-state index >= 15 is 0 Å². The van der Waals surface area contributed by atoms with Crippen molar-refractivity contribution in [1.82, 2.24) is 5.32 Å². The summed E-state index contributed by atoms with van der Waals surface area (Å²) in [5, 5.41) is 12.7. The normalized spacial score (nSPS) is 27.4. The van der Waals surface area contributed by atoms with Gasteiger partial charge in [-0.15, -0.1) is 0 Å². The molecule has 1 saturated carbocycles. The zero-order chi connectivity index (χ0) is 11.4. The zero-order valence-electron chi connectivity index (χ0n) is 10.1. The molecular formula is C12H23NO3. The van der Waals surface area contributed by atoms with E-state index in [9.17, 15) is 0 Å². The average molecular weight is 229 g/mol. The van der Waals surface area contributed by atoms with Crippen LogP contribution in [0.2, 0.25) is 0 Å². The Morgan fingerprint density at radius 1 is 1.31 bits per heavy atom. The molecule has 2 rings (SSSR count). The van der Waals surface area contributed by atoms with Crippen LogP contribution < -0.4 is 5.32 Å². The summed E-state index contributed by atoms with van der Waals surface area (Å²) >= 11 is 0. The van der Waals surface area contributed by atoms with Gasteiger partial charge in [0.05, 0.1) is 19.3 Å². The van der Waals surface area contributed by atoms with Crippen molar-refractivity contribution in [1.29, 1.82) is 0 Å². The van der Waals surface area contributed by atoms with Gasteiger partial charge in [-0.3, -0.25) is 0 Å². The number of hydrogen-bond donors (Lipinski definition) is 2. The number of hydrogen-bond acceptors (Lipinski definition) is 4. The lowest BCUT2D eigenvalue weighted by atomic mass is 9.90. The lowest BCUT2D eigenvalue weighted by Gasteiger charge is -2.35. The number of nitrogens with one attached hydrogen (secondary N) is 1. The lowest BCUT2D eigenvalue weighted by Crippen LogP contribution is -2.42. The van der Waals surface area contributed by atoms with E-state index in [-0.39, 0.29) is 11.9 Å². The second kappa shape index (κ2) is 5.45. The largest absolute Gasteiger partial charge is 0.393 e. The summed E-state index contributed by atoms with van der Waals surface area (Å²) in [5.41, 5.74) is 0. The van der Waals surface area contributed by atoms with Gasteiger partial charge in [0.15, 0.2) is 5.79 Å². The van der Waals surface area contributed by atoms with Crippen molar-refractivity contribution in [3.8, 4) is 0 Å². The molecule has 1 atom stereocenters. The number of ether oxygens (including phenoxy) is 2. The second-order valence-electron chi connectivity index (χ2n) is 4.97. The Labute approximate surface area is 97.3 Å². The van der Waals surface area contributed by atoms with Crippen LogP contribution >= 0.6 is 0 Å². The van der Waals surface area contributed by atoms with Gasteiger partial charge in [0, 0.05) is 18.9 Å². The SMILES string of the molecule is CC(O)CCNC1CCC2(CC1)OCCO2. The fourth-order valence-electron chi connectivity index (χ4n) is 2.54. The number of aliphatic hydroxyl groups excluding tert-OH is 1. The van der Waals surface area contributed by atoms with E-state index in [2.05, 4.69) is 5.32 Å². The van der Waals surface area contributed by atoms with E-state index in [0.717, 1.165) is 51.9 Å². The van der Waals surface area contributed by atoms with Crippen molar-refractivity contribution >= 4 is 0 Å². The van der Waals surface area contributed by atoms with Crippen molar-refractivity contribution in [2.75, 3.05) is 19.8 Å². The Kier molecular flexibility index (Phi) is 4.19. The molecule has 4 heteroatoms. The number of aliphatic hydroxyl groups is 1. The fraction of sp³-hybridized carbons (Fsp3) is 1.00. The molecular weight excluding hydrogens is 206 g/mol. The maximum Gasteiger partial charge on any atom is 0.168 e. The van der Waals surface area contributed by atoms with E-state index in [1.54, 1.807) is 0 Å². The molecule has 1 spiro atoms. The van der Waals surface area contributed by atoms with Crippen molar-refractivity contribution in [2.24, 2.45) is 0 Å². The van der Waals surface area contributed by atoms with Gasteiger partial charge >= 0.3 is 0 Å². The molecule has 1 aliphatic carbocycles. The highest BCUT2D eigenvalue weighted by Gasteiger charge is 2.39. The van der Waals surface area contributed by atoms with E-state index in [1.165, 1.54) is 0 Å². The van der Waals surface area contributed by atoms with Crippen molar-refractivity contribution in [3.05, 3.63) is 0 Å². The van der Waals surface area contributed by atoms with Crippen LogP contribution in [0.3, 0.4) is 0 Å². The van der Waals surface area contributed by atoms with Gasteiger partial charge < -0.3 is 19.9 Å². The molecule has 2 aliphatic rings. The summed E-state index contributed by atoms with van der Waals surface area (Å²) < 4.78 is 11.4. The highest BCUT2D eigenvalue weighted by atomic mass is 16.7. The summed E-state index contributed by atoms with van der Waals surface area (Å²) in [6.45, 7) is 4.23. The summed E-state index contributed by atoms with van der Waals surface area (Å²) in [6.07, 6.45) is 4.84. The molecule has 2 fully saturated rings. The molecule has 0 amide bonds. The molecule has 94 valence electrons. The van der Waals surface area contributed by atoms with E-state index in [1.807, 2.05) is 6.92 Å². The van der Waals surface area contributed by atoms with Crippen LogP contribution in [0.1, 0.15) is 39.0 Å². The van der Waals surface area contributed by atoms with Crippen LogP contribution in [0.25, 0.3) is 0 Å². The molecule has 16 heavy (non-hydrogen) atoms.